The standard InChI is InChI=1S/C22H26ClN3O/c1-24(2)20-9-5-17(6-10-20)12-25-13-18-14-26(15-21(18)25)22(27)11-16-3-7-19(23)8-4-16/h3-10,18,21H,11-15H2,1-2H3/t18-,21+/m0/s1. The predicted octanol–water partition coefficient (Wildman–Crippen LogP) is 3.29. The Morgan fingerprint density at radius 3 is 2.33 bits per heavy atom. The molecule has 2 aliphatic rings. The van der Waals surface area contributed by atoms with Gasteiger partial charge in [0, 0.05) is 62.9 Å². The van der Waals surface area contributed by atoms with Crippen molar-refractivity contribution in [2.75, 3.05) is 38.6 Å². The molecule has 5 heteroatoms. The number of rotatable bonds is 5. The van der Waals surface area contributed by atoms with Crippen molar-refractivity contribution in [2.45, 2.75) is 19.0 Å². The van der Waals surface area contributed by atoms with Crippen LogP contribution in [0.2, 0.25) is 5.02 Å². The molecule has 0 spiro atoms. The van der Waals surface area contributed by atoms with Gasteiger partial charge in [-0.2, -0.15) is 0 Å². The first kappa shape index (κ1) is 18.3. The molecule has 27 heavy (non-hydrogen) atoms. The normalized spacial score (nSPS) is 21.7. The Balaban J connectivity index is 1.31. The van der Waals surface area contributed by atoms with Crippen LogP contribution in [-0.2, 0) is 17.8 Å². The first-order valence-corrected chi connectivity index (χ1v) is 9.90. The number of carbonyl (C=O) groups excluding carboxylic acids is 1. The lowest BCUT2D eigenvalue weighted by molar-refractivity contribution is -0.129. The van der Waals surface area contributed by atoms with Crippen LogP contribution in [0, 0.1) is 5.92 Å². The highest BCUT2D eigenvalue weighted by atomic mass is 35.5. The molecule has 4 rings (SSSR count). The third-order valence-corrected chi connectivity index (χ3v) is 6.06. The largest absolute Gasteiger partial charge is 0.378 e. The number of hydrogen-bond donors (Lipinski definition) is 0. The molecule has 2 aromatic carbocycles. The number of fused-ring (bicyclic) bond motifs is 1. The second kappa shape index (κ2) is 7.53. The third-order valence-electron chi connectivity index (χ3n) is 5.80. The molecular formula is C22H26ClN3O. The zero-order valence-corrected chi connectivity index (χ0v) is 16.7. The molecule has 2 heterocycles. The summed E-state index contributed by atoms with van der Waals surface area (Å²) in [5.41, 5.74) is 3.59. The third kappa shape index (κ3) is 3.97. The molecule has 0 radical (unpaired) electrons. The Labute approximate surface area is 166 Å². The number of carbonyl (C=O) groups is 1. The van der Waals surface area contributed by atoms with E-state index >= 15 is 0 Å². The first-order chi connectivity index (χ1) is 13.0. The molecule has 2 saturated heterocycles. The van der Waals surface area contributed by atoms with E-state index in [0.717, 1.165) is 31.7 Å². The van der Waals surface area contributed by atoms with Crippen LogP contribution < -0.4 is 4.90 Å². The average molecular weight is 384 g/mol. The Morgan fingerprint density at radius 2 is 1.67 bits per heavy atom. The fraction of sp³-hybridized carbons (Fsp3) is 0.409. The first-order valence-electron chi connectivity index (χ1n) is 9.52. The molecule has 0 bridgehead atoms. The monoisotopic (exact) mass is 383 g/mol. The lowest BCUT2D eigenvalue weighted by Gasteiger charge is -2.43. The van der Waals surface area contributed by atoms with Crippen molar-refractivity contribution in [3.05, 3.63) is 64.7 Å². The molecule has 0 saturated carbocycles. The van der Waals surface area contributed by atoms with Gasteiger partial charge in [0.05, 0.1) is 6.42 Å². The number of hydrogen-bond acceptors (Lipinski definition) is 3. The van der Waals surface area contributed by atoms with Gasteiger partial charge in [-0.3, -0.25) is 9.69 Å². The van der Waals surface area contributed by atoms with Gasteiger partial charge < -0.3 is 9.80 Å². The van der Waals surface area contributed by atoms with Crippen molar-refractivity contribution in [3.63, 3.8) is 0 Å². The summed E-state index contributed by atoms with van der Waals surface area (Å²) in [4.78, 5) is 19.3. The molecule has 0 aromatic heterocycles. The maximum atomic E-state index is 12.7. The van der Waals surface area contributed by atoms with Crippen LogP contribution >= 0.6 is 11.6 Å². The molecule has 2 aromatic rings. The highest BCUT2D eigenvalue weighted by Gasteiger charge is 2.46. The minimum atomic E-state index is 0.224. The summed E-state index contributed by atoms with van der Waals surface area (Å²) < 4.78 is 0. The van der Waals surface area contributed by atoms with Crippen LogP contribution in [0.15, 0.2) is 48.5 Å². The molecular weight excluding hydrogens is 358 g/mol. The minimum absolute atomic E-state index is 0.224. The molecule has 0 N–H and O–H groups in total. The highest BCUT2D eigenvalue weighted by molar-refractivity contribution is 6.30. The van der Waals surface area contributed by atoms with Crippen LogP contribution in [0.1, 0.15) is 11.1 Å². The molecule has 2 aliphatic heterocycles. The van der Waals surface area contributed by atoms with E-state index in [1.54, 1.807) is 0 Å². The summed E-state index contributed by atoms with van der Waals surface area (Å²) in [5, 5.41) is 0.708. The van der Waals surface area contributed by atoms with Gasteiger partial charge in [0.25, 0.3) is 0 Å². The number of amides is 1. The summed E-state index contributed by atoms with van der Waals surface area (Å²) in [6.07, 6.45) is 0.461. The second-order valence-electron chi connectivity index (χ2n) is 7.92. The van der Waals surface area contributed by atoms with Crippen LogP contribution in [-0.4, -0.2) is 55.5 Å². The minimum Gasteiger partial charge on any atom is -0.378 e. The van der Waals surface area contributed by atoms with Crippen LogP contribution in [0.5, 0.6) is 0 Å². The van der Waals surface area contributed by atoms with Crippen molar-refractivity contribution in [2.24, 2.45) is 5.92 Å². The van der Waals surface area contributed by atoms with Crippen molar-refractivity contribution in [3.8, 4) is 0 Å². The van der Waals surface area contributed by atoms with Crippen molar-refractivity contribution in [1.29, 1.82) is 0 Å². The predicted molar refractivity (Wildman–Crippen MR) is 110 cm³/mol. The van der Waals surface area contributed by atoms with Gasteiger partial charge in [0.15, 0.2) is 0 Å². The number of benzene rings is 2. The van der Waals surface area contributed by atoms with Gasteiger partial charge in [-0.05, 0) is 35.4 Å². The zero-order valence-electron chi connectivity index (χ0n) is 15.9. The van der Waals surface area contributed by atoms with Crippen LogP contribution in [0.25, 0.3) is 0 Å². The summed E-state index contributed by atoms with van der Waals surface area (Å²) in [7, 11) is 4.12. The van der Waals surface area contributed by atoms with Crippen molar-refractivity contribution < 1.29 is 4.79 Å². The molecule has 2 atom stereocenters. The topological polar surface area (TPSA) is 26.8 Å². The van der Waals surface area contributed by atoms with Gasteiger partial charge in [-0.25, -0.2) is 0 Å². The second-order valence-corrected chi connectivity index (χ2v) is 8.36. The number of anilines is 1. The van der Waals surface area contributed by atoms with Crippen LogP contribution in [0.3, 0.4) is 0 Å². The van der Waals surface area contributed by atoms with Crippen molar-refractivity contribution in [1.82, 2.24) is 9.80 Å². The van der Waals surface area contributed by atoms with Gasteiger partial charge in [0.2, 0.25) is 5.91 Å². The number of halogens is 1. The summed E-state index contributed by atoms with van der Waals surface area (Å²) >= 11 is 5.93. The maximum absolute atomic E-state index is 12.7. The van der Waals surface area contributed by atoms with E-state index in [1.165, 1.54) is 11.3 Å². The Morgan fingerprint density at radius 1 is 1.00 bits per heavy atom. The van der Waals surface area contributed by atoms with E-state index < -0.39 is 0 Å². The van der Waals surface area contributed by atoms with E-state index in [1.807, 2.05) is 29.2 Å². The van der Waals surface area contributed by atoms with Crippen molar-refractivity contribution >= 4 is 23.2 Å². The molecule has 4 nitrogen and oxygen atoms in total. The highest BCUT2D eigenvalue weighted by Crippen LogP contribution is 2.34. The van der Waals surface area contributed by atoms with Gasteiger partial charge in [-0.15, -0.1) is 0 Å². The molecule has 2 fully saturated rings. The number of nitrogens with zero attached hydrogens (tertiary/aromatic N) is 3. The van der Waals surface area contributed by atoms with E-state index in [-0.39, 0.29) is 5.91 Å². The Bertz CT molecular complexity index is 803. The van der Waals surface area contributed by atoms with Gasteiger partial charge in [0.1, 0.15) is 0 Å². The average Bonchev–Trinajstić information content (AvgIpc) is 2.99. The smallest absolute Gasteiger partial charge is 0.227 e. The molecule has 1 amide bonds. The summed E-state index contributed by atoms with van der Waals surface area (Å²) in [6, 6.07) is 16.8. The SMILES string of the molecule is CN(C)c1ccc(CN2C[C@H]3CN(C(=O)Cc4ccc(Cl)cc4)C[C@H]32)cc1. The van der Waals surface area contributed by atoms with E-state index in [9.17, 15) is 4.79 Å². The van der Waals surface area contributed by atoms with E-state index in [0.29, 0.717) is 23.4 Å². The summed E-state index contributed by atoms with van der Waals surface area (Å²) in [6.45, 7) is 3.80. The summed E-state index contributed by atoms with van der Waals surface area (Å²) in [5.74, 6) is 0.849. The van der Waals surface area contributed by atoms with Gasteiger partial charge in [-0.1, -0.05) is 35.9 Å². The molecule has 0 aliphatic carbocycles. The fourth-order valence-corrected chi connectivity index (χ4v) is 4.28. The quantitative estimate of drug-likeness (QED) is 0.792. The van der Waals surface area contributed by atoms with Crippen LogP contribution in [0.4, 0.5) is 5.69 Å². The van der Waals surface area contributed by atoms with Gasteiger partial charge >= 0.3 is 0 Å². The lowest BCUT2D eigenvalue weighted by Crippen LogP contribution is -2.54. The Hall–Kier alpha value is -2.04. The lowest BCUT2D eigenvalue weighted by atomic mass is 9.91. The Kier molecular flexibility index (Phi) is 5.11. The number of likely N-dealkylation sites (tertiary alicyclic amines) is 2. The molecule has 0 unspecified atom stereocenters. The maximum Gasteiger partial charge on any atom is 0.227 e. The molecule has 142 valence electrons. The zero-order chi connectivity index (χ0) is 19.0. The fourth-order valence-electron chi connectivity index (χ4n) is 4.15. The van der Waals surface area contributed by atoms with E-state index in [2.05, 4.69) is 48.2 Å². The van der Waals surface area contributed by atoms with E-state index in [4.69, 9.17) is 11.6 Å².